The van der Waals surface area contributed by atoms with Gasteiger partial charge in [0.2, 0.25) is 5.91 Å². The highest BCUT2D eigenvalue weighted by Crippen LogP contribution is 2.29. The molecule has 0 radical (unpaired) electrons. The van der Waals surface area contributed by atoms with Crippen LogP contribution in [-0.2, 0) is 24.7 Å². The van der Waals surface area contributed by atoms with E-state index in [0.29, 0.717) is 25.9 Å². The van der Waals surface area contributed by atoms with Gasteiger partial charge in [-0.05, 0) is 6.42 Å². The molecule has 134 valence electrons. The largest absolute Gasteiger partial charge is 0.389 e. The number of hydrogen-bond donors (Lipinski definition) is 0. The number of alkyl halides is 3. The summed E-state index contributed by atoms with van der Waals surface area (Å²) in [5.74, 6) is -0.437. The lowest BCUT2D eigenvalue weighted by Gasteiger charge is -2.21. The van der Waals surface area contributed by atoms with E-state index in [9.17, 15) is 18.0 Å². The summed E-state index contributed by atoms with van der Waals surface area (Å²) in [5.41, 5.74) is 4.07. The summed E-state index contributed by atoms with van der Waals surface area (Å²) in [7, 11) is 1.89. The summed E-state index contributed by atoms with van der Waals surface area (Å²) in [6, 6.07) is 9.87. The number of amides is 1. The Morgan fingerprint density at radius 2 is 1.84 bits per heavy atom. The zero-order valence-corrected chi connectivity index (χ0v) is 14.0. The molecule has 3 rings (SSSR count). The molecule has 1 aromatic carbocycles. The van der Waals surface area contributed by atoms with E-state index in [1.165, 1.54) is 4.90 Å². The number of benzene rings is 1. The van der Waals surface area contributed by atoms with Crippen LogP contribution in [0.3, 0.4) is 0 Å². The molecule has 0 unspecified atom stereocenters. The minimum Gasteiger partial charge on any atom is -0.342 e. The van der Waals surface area contributed by atoms with Gasteiger partial charge in [-0.3, -0.25) is 9.48 Å². The summed E-state index contributed by atoms with van der Waals surface area (Å²) < 4.78 is 38.8. The van der Waals surface area contributed by atoms with Crippen LogP contribution in [0.15, 0.2) is 30.3 Å². The lowest BCUT2D eigenvalue weighted by Crippen LogP contribution is -2.34. The number of fused-ring (bicyclic) bond motifs is 1. The van der Waals surface area contributed by atoms with Gasteiger partial charge in [-0.2, -0.15) is 18.3 Å². The molecule has 1 amide bonds. The fraction of sp³-hybridized carbons (Fsp3) is 0.444. The van der Waals surface area contributed by atoms with Crippen LogP contribution in [0.25, 0.3) is 11.3 Å². The van der Waals surface area contributed by atoms with Gasteiger partial charge in [0.1, 0.15) is 0 Å². The van der Waals surface area contributed by atoms with E-state index < -0.39 is 24.9 Å². The van der Waals surface area contributed by atoms with Gasteiger partial charge in [0.15, 0.2) is 0 Å². The van der Waals surface area contributed by atoms with Crippen LogP contribution in [0.2, 0.25) is 0 Å². The molecule has 1 aliphatic rings. The van der Waals surface area contributed by atoms with Crippen molar-refractivity contribution in [2.75, 3.05) is 13.1 Å². The molecule has 0 aliphatic carbocycles. The molecular formula is C18H20F3N3O. The molecule has 25 heavy (non-hydrogen) atoms. The Hall–Kier alpha value is -2.31. The number of aromatic nitrogens is 2. The number of nitrogens with zero attached hydrogens (tertiary/aromatic N) is 3. The average Bonchev–Trinajstić information content (AvgIpc) is 2.74. The first-order valence-corrected chi connectivity index (χ1v) is 8.30. The van der Waals surface area contributed by atoms with Gasteiger partial charge < -0.3 is 4.90 Å². The zero-order chi connectivity index (χ0) is 18.0. The summed E-state index contributed by atoms with van der Waals surface area (Å²) in [6.45, 7) is 0.837. The summed E-state index contributed by atoms with van der Waals surface area (Å²) in [6.07, 6.45) is -4.68. The fourth-order valence-corrected chi connectivity index (χ4v) is 3.30. The van der Waals surface area contributed by atoms with E-state index >= 15 is 0 Å². The number of hydrogen-bond acceptors (Lipinski definition) is 2. The van der Waals surface area contributed by atoms with Crippen molar-refractivity contribution in [3.63, 3.8) is 0 Å². The number of halogens is 3. The molecule has 0 fully saturated rings. The Bertz CT molecular complexity index is 753. The normalized spacial score (nSPS) is 15.0. The molecule has 1 aromatic heterocycles. The Kier molecular flexibility index (Phi) is 4.83. The maximum atomic E-state index is 12.3. The second-order valence-corrected chi connectivity index (χ2v) is 6.26. The van der Waals surface area contributed by atoms with E-state index in [1.54, 1.807) is 0 Å². The average molecular weight is 351 g/mol. The van der Waals surface area contributed by atoms with Gasteiger partial charge in [0, 0.05) is 44.1 Å². The van der Waals surface area contributed by atoms with Gasteiger partial charge >= 0.3 is 6.18 Å². The number of aryl methyl sites for hydroxylation is 1. The standard InChI is InChI=1S/C18H20F3N3O/c1-23-17(13-5-3-2-4-6-13)14-8-11-24(12-9-15(14)22-23)16(25)7-10-18(19,20)21/h2-6H,7-12H2,1H3. The van der Waals surface area contributed by atoms with Crippen molar-refractivity contribution >= 4 is 5.91 Å². The predicted molar refractivity (Wildman–Crippen MR) is 87.9 cm³/mol. The lowest BCUT2D eigenvalue weighted by atomic mass is 10.0. The summed E-state index contributed by atoms with van der Waals surface area (Å²) in [5, 5.41) is 4.57. The van der Waals surface area contributed by atoms with Crippen molar-refractivity contribution in [1.29, 1.82) is 0 Å². The molecule has 2 heterocycles. The van der Waals surface area contributed by atoms with Gasteiger partial charge in [-0.25, -0.2) is 0 Å². The Morgan fingerprint density at radius 1 is 1.16 bits per heavy atom. The maximum Gasteiger partial charge on any atom is 0.389 e. The van der Waals surface area contributed by atoms with E-state index in [1.807, 2.05) is 42.1 Å². The highest BCUT2D eigenvalue weighted by atomic mass is 19.4. The van der Waals surface area contributed by atoms with Crippen LogP contribution >= 0.6 is 0 Å². The van der Waals surface area contributed by atoms with Crippen LogP contribution in [-0.4, -0.2) is 39.9 Å². The quantitative estimate of drug-likeness (QED) is 0.850. The van der Waals surface area contributed by atoms with Crippen LogP contribution in [0, 0.1) is 0 Å². The van der Waals surface area contributed by atoms with Crippen molar-refractivity contribution in [1.82, 2.24) is 14.7 Å². The van der Waals surface area contributed by atoms with Crippen molar-refractivity contribution < 1.29 is 18.0 Å². The second-order valence-electron chi connectivity index (χ2n) is 6.26. The van der Waals surface area contributed by atoms with Crippen LogP contribution in [0.1, 0.15) is 24.1 Å². The first-order chi connectivity index (χ1) is 11.8. The van der Waals surface area contributed by atoms with Gasteiger partial charge in [-0.15, -0.1) is 0 Å². The lowest BCUT2D eigenvalue weighted by molar-refractivity contribution is -0.149. The van der Waals surface area contributed by atoms with E-state index in [4.69, 9.17) is 0 Å². The summed E-state index contributed by atoms with van der Waals surface area (Å²) in [4.78, 5) is 13.6. The zero-order valence-electron chi connectivity index (χ0n) is 14.0. The Labute approximate surface area is 144 Å². The third-order valence-electron chi connectivity index (χ3n) is 4.50. The molecule has 1 aliphatic heterocycles. The molecule has 4 nitrogen and oxygen atoms in total. The van der Waals surface area contributed by atoms with E-state index in [0.717, 1.165) is 22.5 Å². The molecule has 0 spiro atoms. The van der Waals surface area contributed by atoms with Gasteiger partial charge in [0.25, 0.3) is 0 Å². The van der Waals surface area contributed by atoms with Crippen molar-refractivity contribution in [3.05, 3.63) is 41.6 Å². The molecule has 0 bridgehead atoms. The van der Waals surface area contributed by atoms with Crippen LogP contribution < -0.4 is 0 Å². The number of carbonyl (C=O) groups excluding carboxylic acids is 1. The van der Waals surface area contributed by atoms with Gasteiger partial charge in [-0.1, -0.05) is 30.3 Å². The van der Waals surface area contributed by atoms with Crippen molar-refractivity contribution in [2.45, 2.75) is 31.9 Å². The molecule has 0 atom stereocenters. The van der Waals surface area contributed by atoms with E-state index in [-0.39, 0.29) is 0 Å². The SMILES string of the molecule is Cn1nc2c(c1-c1ccccc1)CCN(C(=O)CCC(F)(F)F)CC2. The third kappa shape index (κ3) is 4.03. The first-order valence-electron chi connectivity index (χ1n) is 8.30. The molecular weight excluding hydrogens is 331 g/mol. The minimum absolute atomic E-state index is 0.412. The minimum atomic E-state index is -4.30. The molecule has 2 aromatic rings. The molecule has 0 saturated heterocycles. The highest BCUT2D eigenvalue weighted by molar-refractivity contribution is 5.76. The van der Waals surface area contributed by atoms with E-state index in [2.05, 4.69) is 5.10 Å². The molecule has 0 N–H and O–H groups in total. The van der Waals surface area contributed by atoms with Crippen molar-refractivity contribution in [2.24, 2.45) is 7.05 Å². The molecule has 7 heteroatoms. The van der Waals surface area contributed by atoms with Gasteiger partial charge in [0.05, 0.1) is 17.8 Å². The topological polar surface area (TPSA) is 38.1 Å². The highest BCUT2D eigenvalue weighted by Gasteiger charge is 2.30. The monoisotopic (exact) mass is 351 g/mol. The number of carbonyl (C=O) groups is 1. The third-order valence-corrected chi connectivity index (χ3v) is 4.50. The smallest absolute Gasteiger partial charge is 0.342 e. The van der Waals surface area contributed by atoms with Crippen LogP contribution in [0.5, 0.6) is 0 Å². The molecule has 0 saturated carbocycles. The van der Waals surface area contributed by atoms with Crippen molar-refractivity contribution in [3.8, 4) is 11.3 Å². The Balaban J connectivity index is 1.75. The Morgan fingerprint density at radius 3 is 2.52 bits per heavy atom. The summed E-state index contributed by atoms with van der Waals surface area (Å²) >= 11 is 0. The number of rotatable bonds is 3. The first kappa shape index (κ1) is 17.5. The second kappa shape index (κ2) is 6.90. The fourth-order valence-electron chi connectivity index (χ4n) is 3.30. The maximum absolute atomic E-state index is 12.3. The predicted octanol–water partition coefficient (Wildman–Crippen LogP) is 3.36. The van der Waals surface area contributed by atoms with Crippen LogP contribution in [0.4, 0.5) is 13.2 Å².